The van der Waals surface area contributed by atoms with Crippen molar-refractivity contribution in [1.82, 2.24) is 15.2 Å². The van der Waals surface area contributed by atoms with Crippen LogP contribution in [0.4, 0.5) is 10.2 Å². The van der Waals surface area contributed by atoms with Crippen LogP contribution in [-0.2, 0) is 5.41 Å². The molecule has 0 aliphatic rings. The lowest BCUT2D eigenvalue weighted by atomic mass is 9.84. The van der Waals surface area contributed by atoms with E-state index in [4.69, 9.17) is 4.42 Å². The molecule has 2 N–H and O–H groups in total. The van der Waals surface area contributed by atoms with Crippen LogP contribution in [0.15, 0.2) is 63.8 Å². The zero-order valence-corrected chi connectivity index (χ0v) is 15.5. The molecule has 4 rings (SSSR count). The lowest BCUT2D eigenvalue weighted by Crippen LogP contribution is -2.28. The summed E-state index contributed by atoms with van der Waals surface area (Å²) in [5.74, 6) is -0.0788. The maximum Gasteiger partial charge on any atom is 0.417 e. The van der Waals surface area contributed by atoms with Gasteiger partial charge in [-0.25, -0.2) is 9.18 Å². The molecular weight excluding hydrogens is 359 g/mol. The largest absolute Gasteiger partial charge is 0.417 e. The lowest BCUT2D eigenvalue weighted by Gasteiger charge is -2.25. The highest BCUT2D eigenvalue weighted by atomic mass is 19.1. The molecule has 0 aliphatic heterocycles. The molecule has 0 unspecified atom stereocenters. The van der Waals surface area contributed by atoms with Crippen molar-refractivity contribution in [3.63, 3.8) is 0 Å². The van der Waals surface area contributed by atoms with Gasteiger partial charge < -0.3 is 9.73 Å². The zero-order valence-electron chi connectivity index (χ0n) is 15.5. The number of nitrogens with one attached hydrogen (secondary N) is 2. The van der Waals surface area contributed by atoms with Gasteiger partial charge in [-0.2, -0.15) is 0 Å². The molecule has 0 aliphatic carbocycles. The van der Waals surface area contributed by atoms with Crippen LogP contribution >= 0.6 is 0 Å². The number of aromatic amines is 1. The third-order valence-electron chi connectivity index (χ3n) is 4.72. The fourth-order valence-electron chi connectivity index (χ4n) is 3.01. The van der Waals surface area contributed by atoms with Crippen LogP contribution < -0.4 is 11.1 Å². The average molecular weight is 378 g/mol. The molecule has 0 fully saturated rings. The van der Waals surface area contributed by atoms with E-state index in [1.807, 2.05) is 18.2 Å². The first-order valence-electron chi connectivity index (χ1n) is 8.88. The average Bonchev–Trinajstić information content (AvgIpc) is 3.06. The van der Waals surface area contributed by atoms with Gasteiger partial charge in [-0.3, -0.25) is 4.98 Å². The number of aromatic nitrogens is 3. The number of anilines is 1. The van der Waals surface area contributed by atoms with Crippen LogP contribution in [-0.4, -0.2) is 21.7 Å². The smallest absolute Gasteiger partial charge is 0.408 e. The first-order valence-corrected chi connectivity index (χ1v) is 8.88. The highest BCUT2D eigenvalue weighted by molar-refractivity contribution is 5.79. The SMILES string of the molecule is CC(C)(CNc1ccc(-c2ccc3oc(=O)[nH]c3c2)nn1)c1ccc(F)cc1. The molecule has 0 spiro atoms. The summed E-state index contributed by atoms with van der Waals surface area (Å²) in [4.78, 5) is 13.9. The molecule has 2 aromatic carbocycles. The molecule has 2 aromatic heterocycles. The Balaban J connectivity index is 1.48. The summed E-state index contributed by atoms with van der Waals surface area (Å²) >= 11 is 0. The van der Waals surface area contributed by atoms with Gasteiger partial charge in [0, 0.05) is 17.5 Å². The number of rotatable bonds is 5. The first-order chi connectivity index (χ1) is 13.4. The van der Waals surface area contributed by atoms with Crippen molar-refractivity contribution in [3.05, 3.63) is 76.5 Å². The Bertz CT molecular complexity index is 1160. The van der Waals surface area contributed by atoms with Crippen molar-refractivity contribution in [1.29, 1.82) is 0 Å². The summed E-state index contributed by atoms with van der Waals surface area (Å²) in [7, 11) is 0. The highest BCUT2D eigenvalue weighted by Crippen LogP contribution is 2.25. The summed E-state index contributed by atoms with van der Waals surface area (Å²) in [6.07, 6.45) is 0. The Labute approximate surface area is 160 Å². The van der Waals surface area contributed by atoms with Crippen molar-refractivity contribution < 1.29 is 8.81 Å². The van der Waals surface area contributed by atoms with E-state index >= 15 is 0 Å². The second kappa shape index (κ2) is 6.92. The number of hydrogen-bond donors (Lipinski definition) is 2. The fraction of sp³-hybridized carbons (Fsp3) is 0.190. The van der Waals surface area contributed by atoms with E-state index in [0.717, 1.165) is 11.1 Å². The molecule has 0 atom stereocenters. The van der Waals surface area contributed by atoms with E-state index in [1.54, 1.807) is 24.3 Å². The van der Waals surface area contributed by atoms with Gasteiger partial charge in [0.05, 0.1) is 11.2 Å². The zero-order chi connectivity index (χ0) is 19.7. The van der Waals surface area contributed by atoms with E-state index < -0.39 is 5.76 Å². The van der Waals surface area contributed by atoms with Gasteiger partial charge in [0.15, 0.2) is 5.58 Å². The van der Waals surface area contributed by atoms with E-state index in [2.05, 4.69) is 34.3 Å². The van der Waals surface area contributed by atoms with Gasteiger partial charge in [0.1, 0.15) is 11.6 Å². The van der Waals surface area contributed by atoms with Crippen LogP contribution in [0.1, 0.15) is 19.4 Å². The Morgan fingerprint density at radius 2 is 1.86 bits per heavy atom. The molecule has 7 heteroatoms. The summed E-state index contributed by atoms with van der Waals surface area (Å²) < 4.78 is 18.1. The van der Waals surface area contributed by atoms with Crippen molar-refractivity contribution >= 4 is 16.9 Å². The topological polar surface area (TPSA) is 83.8 Å². The number of nitrogens with zero attached hydrogens (tertiary/aromatic N) is 2. The summed E-state index contributed by atoms with van der Waals surface area (Å²) in [6, 6.07) is 15.6. The van der Waals surface area contributed by atoms with Crippen LogP contribution in [0.25, 0.3) is 22.4 Å². The second-order valence-electron chi connectivity index (χ2n) is 7.27. The minimum Gasteiger partial charge on any atom is -0.408 e. The van der Waals surface area contributed by atoms with Crippen LogP contribution in [0, 0.1) is 5.82 Å². The molecule has 0 saturated carbocycles. The number of benzene rings is 2. The number of hydrogen-bond acceptors (Lipinski definition) is 5. The quantitative estimate of drug-likeness (QED) is 0.546. The molecule has 142 valence electrons. The maximum atomic E-state index is 13.1. The molecule has 0 radical (unpaired) electrons. The summed E-state index contributed by atoms with van der Waals surface area (Å²) in [5.41, 5.74) is 3.47. The minimum absolute atomic E-state index is 0.202. The molecule has 0 bridgehead atoms. The predicted molar refractivity (Wildman–Crippen MR) is 106 cm³/mol. The number of oxazole rings is 1. The van der Waals surface area contributed by atoms with Gasteiger partial charge in [-0.05, 0) is 48.0 Å². The van der Waals surface area contributed by atoms with E-state index in [0.29, 0.717) is 29.2 Å². The Hall–Kier alpha value is -3.48. The van der Waals surface area contributed by atoms with Crippen molar-refractivity contribution in [2.45, 2.75) is 19.3 Å². The molecule has 6 nitrogen and oxygen atoms in total. The molecule has 4 aromatic rings. The van der Waals surface area contributed by atoms with Crippen LogP contribution in [0.5, 0.6) is 0 Å². The van der Waals surface area contributed by atoms with Gasteiger partial charge in [-0.15, -0.1) is 10.2 Å². The molecule has 2 heterocycles. The minimum atomic E-state index is -0.485. The van der Waals surface area contributed by atoms with Gasteiger partial charge in [0.25, 0.3) is 0 Å². The molecular formula is C21H19FN4O2. The standard InChI is InChI=1S/C21H19FN4O2/c1-21(2,14-4-6-15(22)7-5-14)12-23-19-10-8-16(25-26-19)13-3-9-18-17(11-13)24-20(27)28-18/h3-11H,12H2,1-2H3,(H,23,26)(H,24,27). The third kappa shape index (κ3) is 3.64. The molecule has 0 amide bonds. The monoisotopic (exact) mass is 378 g/mol. The third-order valence-corrected chi connectivity index (χ3v) is 4.72. The number of H-pyrrole nitrogens is 1. The Kier molecular flexibility index (Phi) is 4.43. The van der Waals surface area contributed by atoms with Gasteiger partial charge in [-0.1, -0.05) is 26.0 Å². The first kappa shape index (κ1) is 17.9. The number of fused-ring (bicyclic) bond motifs is 1. The second-order valence-corrected chi connectivity index (χ2v) is 7.27. The van der Waals surface area contributed by atoms with Crippen molar-refractivity contribution in [2.75, 3.05) is 11.9 Å². The fourth-order valence-corrected chi connectivity index (χ4v) is 3.01. The number of halogens is 1. The normalized spacial score (nSPS) is 11.7. The predicted octanol–water partition coefficient (Wildman–Crippen LogP) is 4.11. The van der Waals surface area contributed by atoms with Gasteiger partial charge >= 0.3 is 5.76 Å². The molecule has 28 heavy (non-hydrogen) atoms. The lowest BCUT2D eigenvalue weighted by molar-refractivity contribution is 0.552. The Morgan fingerprint density at radius 3 is 2.57 bits per heavy atom. The summed E-state index contributed by atoms with van der Waals surface area (Å²) in [6.45, 7) is 4.78. The van der Waals surface area contributed by atoms with Gasteiger partial charge in [0.2, 0.25) is 0 Å². The van der Waals surface area contributed by atoms with E-state index in [-0.39, 0.29) is 11.2 Å². The Morgan fingerprint density at radius 1 is 1.07 bits per heavy atom. The van der Waals surface area contributed by atoms with E-state index in [1.165, 1.54) is 12.1 Å². The van der Waals surface area contributed by atoms with Crippen molar-refractivity contribution in [3.8, 4) is 11.3 Å². The molecule has 0 saturated heterocycles. The highest BCUT2D eigenvalue weighted by Gasteiger charge is 2.20. The van der Waals surface area contributed by atoms with Crippen LogP contribution in [0.3, 0.4) is 0 Å². The van der Waals surface area contributed by atoms with E-state index in [9.17, 15) is 9.18 Å². The van der Waals surface area contributed by atoms with Crippen molar-refractivity contribution in [2.24, 2.45) is 0 Å². The van der Waals surface area contributed by atoms with Crippen LogP contribution in [0.2, 0.25) is 0 Å². The summed E-state index contributed by atoms with van der Waals surface area (Å²) in [5, 5.41) is 11.8. The maximum absolute atomic E-state index is 13.1.